The number of hydrogen-bond donors (Lipinski definition) is 2. The van der Waals surface area contributed by atoms with E-state index in [1.807, 2.05) is 30.3 Å². The highest BCUT2D eigenvalue weighted by molar-refractivity contribution is 6.02. The van der Waals surface area contributed by atoms with E-state index in [9.17, 15) is 9.18 Å². The maximum absolute atomic E-state index is 14.6. The van der Waals surface area contributed by atoms with E-state index in [0.29, 0.717) is 0 Å². The van der Waals surface area contributed by atoms with Gasteiger partial charge in [-0.2, -0.15) is 0 Å². The minimum absolute atomic E-state index is 0. The van der Waals surface area contributed by atoms with Crippen molar-refractivity contribution in [3.05, 3.63) is 59.5 Å². The molecule has 0 aliphatic heterocycles. The Hall–Kier alpha value is -2.82. The first kappa shape index (κ1) is 18.5. The topological polar surface area (TPSA) is 54.1 Å². The van der Waals surface area contributed by atoms with Crippen molar-refractivity contribution in [2.75, 3.05) is 12.4 Å². The summed E-state index contributed by atoms with van der Waals surface area (Å²) in [5, 5.41) is 3.71. The Labute approximate surface area is 167 Å². The number of rotatable bonds is 4. The van der Waals surface area contributed by atoms with E-state index in [1.165, 1.54) is 6.07 Å². The molecule has 1 saturated carbocycles. The molecule has 3 aromatic rings. The minimum atomic E-state index is -0.581. The van der Waals surface area contributed by atoms with Gasteiger partial charge >= 0.3 is 0 Å². The molecule has 1 amide bonds. The summed E-state index contributed by atoms with van der Waals surface area (Å²) in [5.41, 5.74) is 2.27. The fraction of sp³-hybridized carbons (Fsp3) is 0.348. The lowest BCUT2D eigenvalue weighted by Gasteiger charge is -2.16. The third kappa shape index (κ3) is 3.15. The number of H-pyrrole nitrogens is 1. The molecule has 5 heteroatoms. The Morgan fingerprint density at radius 3 is 2.43 bits per heavy atom. The van der Waals surface area contributed by atoms with Crippen LogP contribution in [0.25, 0.3) is 10.9 Å². The third-order valence-corrected chi connectivity index (χ3v) is 5.59. The molecule has 1 fully saturated rings. The summed E-state index contributed by atoms with van der Waals surface area (Å²) in [7, 11) is 1.61. The van der Waals surface area contributed by atoms with Crippen molar-refractivity contribution in [2.24, 2.45) is 0 Å². The molecule has 1 aliphatic rings. The Morgan fingerprint density at radius 2 is 1.86 bits per heavy atom. The van der Waals surface area contributed by atoms with Crippen molar-refractivity contribution in [1.29, 1.82) is 0 Å². The fourth-order valence-electron chi connectivity index (χ4n) is 3.58. The first-order chi connectivity index (χ1) is 13.2. The van der Waals surface area contributed by atoms with Crippen molar-refractivity contribution in [3.63, 3.8) is 0 Å². The van der Waals surface area contributed by atoms with Crippen LogP contribution in [0.4, 0.5) is 10.1 Å². The van der Waals surface area contributed by atoms with Gasteiger partial charge in [0.1, 0.15) is 11.6 Å². The molecule has 0 bridgehead atoms. The minimum Gasteiger partial charge on any atom is -0.497 e. The molecule has 2 aromatic carbocycles. The van der Waals surface area contributed by atoms with E-state index in [2.05, 4.69) is 31.1 Å². The third-order valence-electron chi connectivity index (χ3n) is 5.59. The van der Waals surface area contributed by atoms with Gasteiger partial charge in [0.05, 0.1) is 18.2 Å². The molecule has 0 unspecified atom stereocenters. The van der Waals surface area contributed by atoms with Gasteiger partial charge in [0.2, 0.25) is 5.91 Å². The van der Waals surface area contributed by atoms with Crippen molar-refractivity contribution in [3.8, 4) is 5.75 Å². The van der Waals surface area contributed by atoms with Crippen LogP contribution in [-0.4, -0.2) is 18.0 Å². The van der Waals surface area contributed by atoms with Crippen LogP contribution in [0.5, 0.6) is 5.75 Å². The van der Waals surface area contributed by atoms with Gasteiger partial charge in [-0.1, -0.05) is 32.9 Å². The van der Waals surface area contributed by atoms with Gasteiger partial charge in [-0.05, 0) is 42.7 Å². The zero-order valence-electron chi connectivity index (χ0n) is 16.7. The number of halogens is 1. The van der Waals surface area contributed by atoms with E-state index >= 15 is 0 Å². The molecule has 1 aliphatic carbocycles. The van der Waals surface area contributed by atoms with Crippen LogP contribution < -0.4 is 10.1 Å². The van der Waals surface area contributed by atoms with Crippen LogP contribution in [0, 0.1) is 5.82 Å². The molecule has 2 N–H and O–H groups in total. The van der Waals surface area contributed by atoms with Crippen LogP contribution in [0.3, 0.4) is 0 Å². The zero-order chi connectivity index (χ0) is 20.1. The Bertz CT molecular complexity index is 1050. The predicted molar refractivity (Wildman–Crippen MR) is 114 cm³/mol. The summed E-state index contributed by atoms with van der Waals surface area (Å²) in [6.07, 6.45) is 1.51. The number of aromatic amines is 1. The molecule has 0 spiro atoms. The lowest BCUT2D eigenvalue weighted by Crippen LogP contribution is -2.28. The van der Waals surface area contributed by atoms with Crippen LogP contribution >= 0.6 is 0 Å². The lowest BCUT2D eigenvalue weighted by atomic mass is 9.92. The summed E-state index contributed by atoms with van der Waals surface area (Å²) < 4.78 is 19.8. The quantitative estimate of drug-likeness (QED) is 0.599. The highest BCUT2D eigenvalue weighted by atomic mass is 19.1. The van der Waals surface area contributed by atoms with Crippen molar-refractivity contribution in [1.82, 2.24) is 4.98 Å². The largest absolute Gasteiger partial charge is 0.497 e. The molecular formula is C23H29FN2O2. The first-order valence-electron chi connectivity index (χ1n) is 9.52. The molecule has 0 radical (unpaired) electrons. The highest BCUT2D eigenvalue weighted by Gasteiger charge is 2.51. The van der Waals surface area contributed by atoms with Crippen molar-refractivity contribution in [2.45, 2.75) is 44.4 Å². The van der Waals surface area contributed by atoms with Crippen LogP contribution in [0.2, 0.25) is 0 Å². The molecule has 0 atom stereocenters. The number of hydrogen-bond acceptors (Lipinski definition) is 2. The number of benzene rings is 2. The number of ether oxygens (including phenoxy) is 1. The molecule has 0 saturated heterocycles. The molecule has 4 rings (SSSR count). The number of aromatic nitrogens is 1. The molecule has 4 nitrogen and oxygen atoms in total. The van der Waals surface area contributed by atoms with Gasteiger partial charge < -0.3 is 15.0 Å². The van der Waals surface area contributed by atoms with Crippen molar-refractivity contribution < 1.29 is 16.8 Å². The summed E-state index contributed by atoms with van der Waals surface area (Å²) in [6.45, 7) is 6.30. The summed E-state index contributed by atoms with van der Waals surface area (Å²) in [5.74, 6) is 0.148. The number of fused-ring (bicyclic) bond motifs is 1. The van der Waals surface area contributed by atoms with Crippen LogP contribution in [0.15, 0.2) is 42.5 Å². The maximum atomic E-state index is 14.6. The van der Waals surface area contributed by atoms with Crippen LogP contribution in [-0.2, 0) is 15.6 Å². The highest BCUT2D eigenvalue weighted by Crippen LogP contribution is 2.49. The zero-order valence-corrected chi connectivity index (χ0v) is 16.7. The SMILES string of the molecule is COc1ccc(C2(C(=O)Nc3cc4cc(C(C)(C)C)[nH]c4cc3F)CC2)cc1.[HH].[HH]. The van der Waals surface area contributed by atoms with Gasteiger partial charge in [0, 0.05) is 30.9 Å². The predicted octanol–water partition coefficient (Wildman–Crippen LogP) is 5.78. The number of amides is 1. The summed E-state index contributed by atoms with van der Waals surface area (Å²) in [6, 6.07) is 12.7. The van der Waals surface area contributed by atoms with E-state index in [-0.39, 0.29) is 19.9 Å². The van der Waals surface area contributed by atoms with Crippen LogP contribution in [0.1, 0.15) is 47.7 Å². The second kappa shape index (κ2) is 6.36. The second-order valence-electron chi connectivity index (χ2n) is 8.62. The normalized spacial score (nSPS) is 15.5. The summed E-state index contributed by atoms with van der Waals surface area (Å²) >= 11 is 0. The van der Waals surface area contributed by atoms with E-state index in [0.717, 1.165) is 40.8 Å². The smallest absolute Gasteiger partial charge is 0.235 e. The molecule has 1 heterocycles. The van der Waals surface area contributed by atoms with Gasteiger partial charge in [0.25, 0.3) is 0 Å². The molecule has 28 heavy (non-hydrogen) atoms. The average Bonchev–Trinajstić information content (AvgIpc) is 3.36. The second-order valence-corrected chi connectivity index (χ2v) is 8.62. The average molecular weight is 384 g/mol. The lowest BCUT2D eigenvalue weighted by molar-refractivity contribution is -0.118. The number of carbonyl (C=O) groups is 1. The number of carbonyl (C=O) groups excluding carboxylic acids is 1. The Morgan fingerprint density at radius 1 is 1.18 bits per heavy atom. The molecule has 150 valence electrons. The molecular weight excluding hydrogens is 355 g/mol. The fourth-order valence-corrected chi connectivity index (χ4v) is 3.58. The van der Waals surface area contributed by atoms with Gasteiger partial charge in [-0.3, -0.25) is 4.79 Å². The van der Waals surface area contributed by atoms with Gasteiger partial charge in [0.15, 0.2) is 0 Å². The van der Waals surface area contributed by atoms with Crippen molar-refractivity contribution >= 4 is 22.5 Å². The molecule has 1 aromatic heterocycles. The number of nitrogens with one attached hydrogen (secondary N) is 2. The maximum Gasteiger partial charge on any atom is 0.235 e. The first-order valence-corrected chi connectivity index (χ1v) is 9.52. The van der Waals surface area contributed by atoms with Gasteiger partial charge in [-0.25, -0.2) is 4.39 Å². The number of anilines is 1. The van der Waals surface area contributed by atoms with E-state index in [1.54, 1.807) is 13.2 Å². The van der Waals surface area contributed by atoms with E-state index in [4.69, 9.17) is 4.74 Å². The standard InChI is InChI=1S/C23H25FN2O2.2H2/c1-22(2,3)20-12-14-11-19(17(24)13-18(14)25-20)26-21(27)23(9-10-23)15-5-7-16(28-4)8-6-15;;/h5-8,11-13,25H,9-10H2,1-4H3,(H,26,27);2*1H. The number of methoxy groups -OCH3 is 1. The summed E-state index contributed by atoms with van der Waals surface area (Å²) in [4.78, 5) is 16.3. The monoisotopic (exact) mass is 384 g/mol. The Kier molecular flexibility index (Phi) is 4.21. The van der Waals surface area contributed by atoms with E-state index < -0.39 is 11.2 Å². The Balaban J connectivity index is 0.00000160. The van der Waals surface area contributed by atoms with Gasteiger partial charge in [-0.15, -0.1) is 0 Å².